The zero-order valence-corrected chi connectivity index (χ0v) is 10.7. The lowest BCUT2D eigenvalue weighted by atomic mass is 10.1. The van der Waals surface area contributed by atoms with Crippen LogP contribution < -0.4 is 0 Å². The number of aromatic carboxylic acids is 1. The molecule has 0 radical (unpaired) electrons. The third-order valence-electron chi connectivity index (χ3n) is 2.82. The van der Waals surface area contributed by atoms with Gasteiger partial charge in [-0.2, -0.15) is 5.10 Å². The van der Waals surface area contributed by atoms with Crippen LogP contribution in [0.1, 0.15) is 41.4 Å². The normalized spacial score (nSPS) is 10.9. The first-order chi connectivity index (χ1) is 8.49. The van der Waals surface area contributed by atoms with Gasteiger partial charge in [-0.1, -0.05) is 31.5 Å². The highest BCUT2D eigenvalue weighted by Gasteiger charge is 2.18. The molecule has 1 N–H and O–H groups in total. The van der Waals surface area contributed by atoms with Gasteiger partial charge in [-0.25, -0.2) is 9.48 Å². The lowest BCUT2D eigenvalue weighted by molar-refractivity contribution is 0.0695. The minimum atomic E-state index is -0.933. The van der Waals surface area contributed by atoms with E-state index < -0.39 is 5.97 Å². The van der Waals surface area contributed by atoms with Crippen molar-refractivity contribution in [3.8, 4) is 5.69 Å². The number of rotatable bonds is 3. The van der Waals surface area contributed by atoms with Crippen LogP contribution in [0.4, 0.5) is 0 Å². The first-order valence-corrected chi connectivity index (χ1v) is 5.89. The van der Waals surface area contributed by atoms with Crippen LogP contribution in [0.25, 0.3) is 5.69 Å². The third-order valence-corrected chi connectivity index (χ3v) is 2.82. The molecule has 2 aromatic rings. The van der Waals surface area contributed by atoms with Crippen molar-refractivity contribution >= 4 is 5.97 Å². The zero-order chi connectivity index (χ0) is 13.3. The molecule has 0 bridgehead atoms. The van der Waals surface area contributed by atoms with Gasteiger partial charge in [0, 0.05) is 6.20 Å². The molecular formula is C14H16N2O2. The van der Waals surface area contributed by atoms with Crippen LogP contribution in [0.5, 0.6) is 0 Å². The highest BCUT2D eigenvalue weighted by atomic mass is 16.4. The summed E-state index contributed by atoms with van der Waals surface area (Å²) in [6, 6.07) is 7.81. The van der Waals surface area contributed by atoms with Crippen molar-refractivity contribution in [2.75, 3.05) is 0 Å². The Labute approximate surface area is 106 Å². The van der Waals surface area contributed by atoms with Gasteiger partial charge >= 0.3 is 5.97 Å². The molecule has 0 fully saturated rings. The summed E-state index contributed by atoms with van der Waals surface area (Å²) in [5.41, 5.74) is 2.91. The van der Waals surface area contributed by atoms with Gasteiger partial charge in [-0.3, -0.25) is 0 Å². The number of hydrogen-bond acceptors (Lipinski definition) is 2. The number of carboxylic acids is 1. The van der Waals surface area contributed by atoms with E-state index >= 15 is 0 Å². The smallest absolute Gasteiger partial charge is 0.339 e. The highest BCUT2D eigenvalue weighted by Crippen LogP contribution is 2.20. The van der Waals surface area contributed by atoms with Gasteiger partial charge in [-0.05, 0) is 25.0 Å². The van der Waals surface area contributed by atoms with Crippen molar-refractivity contribution in [2.24, 2.45) is 0 Å². The van der Waals surface area contributed by atoms with Crippen molar-refractivity contribution in [3.63, 3.8) is 0 Å². The number of benzene rings is 1. The third kappa shape index (κ3) is 2.27. The number of aryl methyl sites for hydroxylation is 1. The second-order valence-corrected chi connectivity index (χ2v) is 4.67. The van der Waals surface area contributed by atoms with Crippen LogP contribution in [0, 0.1) is 6.92 Å². The van der Waals surface area contributed by atoms with E-state index in [9.17, 15) is 4.79 Å². The molecule has 1 aromatic heterocycles. The van der Waals surface area contributed by atoms with Crippen LogP contribution in [-0.2, 0) is 0 Å². The van der Waals surface area contributed by atoms with Crippen LogP contribution in [0.3, 0.4) is 0 Å². The molecule has 0 saturated heterocycles. The molecule has 94 valence electrons. The number of aromatic nitrogens is 2. The highest BCUT2D eigenvalue weighted by molar-refractivity contribution is 5.89. The van der Waals surface area contributed by atoms with E-state index in [1.807, 2.05) is 45.0 Å². The molecule has 2 rings (SSSR count). The summed E-state index contributed by atoms with van der Waals surface area (Å²) in [6.07, 6.45) is 1.57. The maximum atomic E-state index is 11.2. The van der Waals surface area contributed by atoms with E-state index in [-0.39, 0.29) is 11.5 Å². The van der Waals surface area contributed by atoms with Gasteiger partial charge in [0.2, 0.25) is 0 Å². The Kier molecular flexibility index (Phi) is 3.19. The molecule has 0 amide bonds. The van der Waals surface area contributed by atoms with Crippen molar-refractivity contribution in [1.82, 2.24) is 9.78 Å². The van der Waals surface area contributed by atoms with Crippen LogP contribution in [0.15, 0.2) is 30.5 Å². The second kappa shape index (κ2) is 4.64. The maximum absolute atomic E-state index is 11.2. The van der Waals surface area contributed by atoms with Gasteiger partial charge < -0.3 is 5.11 Å². The van der Waals surface area contributed by atoms with Crippen LogP contribution in [-0.4, -0.2) is 20.9 Å². The predicted octanol–water partition coefficient (Wildman–Crippen LogP) is 3.00. The fourth-order valence-electron chi connectivity index (χ4n) is 1.81. The first-order valence-electron chi connectivity index (χ1n) is 5.89. The number of carbonyl (C=O) groups is 1. The molecule has 0 aliphatic heterocycles. The van der Waals surface area contributed by atoms with E-state index in [1.165, 1.54) is 0 Å². The van der Waals surface area contributed by atoms with Gasteiger partial charge in [-0.15, -0.1) is 0 Å². The number of carboxylic acid groups (broad SMARTS) is 1. The van der Waals surface area contributed by atoms with E-state index in [2.05, 4.69) is 5.10 Å². The lowest BCUT2D eigenvalue weighted by Gasteiger charge is -2.02. The quantitative estimate of drug-likeness (QED) is 0.903. The molecule has 1 heterocycles. The SMILES string of the molecule is Cc1ccc(-n2cc(C(=O)O)c(C(C)C)n2)cc1. The van der Waals surface area contributed by atoms with Gasteiger partial charge in [0.05, 0.1) is 11.4 Å². The molecular weight excluding hydrogens is 228 g/mol. The summed E-state index contributed by atoms with van der Waals surface area (Å²) < 4.78 is 1.62. The monoisotopic (exact) mass is 244 g/mol. The lowest BCUT2D eigenvalue weighted by Crippen LogP contribution is -2.01. The molecule has 0 atom stereocenters. The summed E-state index contributed by atoms with van der Waals surface area (Å²) in [5.74, 6) is -0.847. The standard InChI is InChI=1S/C14H16N2O2/c1-9(2)13-12(14(17)18)8-16(15-13)11-6-4-10(3)5-7-11/h4-9H,1-3H3,(H,17,18). The first kappa shape index (κ1) is 12.4. The average molecular weight is 244 g/mol. The largest absolute Gasteiger partial charge is 0.478 e. The Morgan fingerprint density at radius 3 is 2.33 bits per heavy atom. The molecule has 0 aliphatic rings. The summed E-state index contributed by atoms with van der Waals surface area (Å²) in [5, 5.41) is 13.5. The molecule has 1 aromatic carbocycles. The van der Waals surface area contributed by atoms with Crippen molar-refractivity contribution in [2.45, 2.75) is 26.7 Å². The van der Waals surface area contributed by atoms with E-state index in [4.69, 9.17) is 5.11 Å². The van der Waals surface area contributed by atoms with Crippen molar-refractivity contribution in [3.05, 3.63) is 47.3 Å². The van der Waals surface area contributed by atoms with Crippen LogP contribution in [0.2, 0.25) is 0 Å². The van der Waals surface area contributed by atoms with Gasteiger partial charge in [0.15, 0.2) is 0 Å². The predicted molar refractivity (Wildman–Crippen MR) is 69.3 cm³/mol. The van der Waals surface area contributed by atoms with E-state index in [0.717, 1.165) is 11.3 Å². The fraction of sp³-hybridized carbons (Fsp3) is 0.286. The molecule has 4 nitrogen and oxygen atoms in total. The van der Waals surface area contributed by atoms with E-state index in [0.29, 0.717) is 5.69 Å². The van der Waals surface area contributed by atoms with Gasteiger partial charge in [0.25, 0.3) is 0 Å². The Bertz CT molecular complexity index is 568. The number of nitrogens with zero attached hydrogens (tertiary/aromatic N) is 2. The van der Waals surface area contributed by atoms with E-state index in [1.54, 1.807) is 10.9 Å². The molecule has 0 aliphatic carbocycles. The Hall–Kier alpha value is -2.10. The second-order valence-electron chi connectivity index (χ2n) is 4.67. The Morgan fingerprint density at radius 1 is 1.28 bits per heavy atom. The molecule has 0 saturated carbocycles. The summed E-state index contributed by atoms with van der Waals surface area (Å²) in [6.45, 7) is 5.89. The summed E-state index contributed by atoms with van der Waals surface area (Å²) in [4.78, 5) is 11.2. The van der Waals surface area contributed by atoms with Crippen LogP contribution >= 0.6 is 0 Å². The number of hydrogen-bond donors (Lipinski definition) is 1. The molecule has 0 spiro atoms. The minimum absolute atomic E-state index is 0.0859. The minimum Gasteiger partial charge on any atom is -0.478 e. The molecule has 0 unspecified atom stereocenters. The molecule has 18 heavy (non-hydrogen) atoms. The fourth-order valence-corrected chi connectivity index (χ4v) is 1.81. The average Bonchev–Trinajstić information content (AvgIpc) is 2.75. The topological polar surface area (TPSA) is 55.1 Å². The van der Waals surface area contributed by atoms with Crippen molar-refractivity contribution in [1.29, 1.82) is 0 Å². The Morgan fingerprint density at radius 2 is 1.89 bits per heavy atom. The van der Waals surface area contributed by atoms with Gasteiger partial charge in [0.1, 0.15) is 5.56 Å². The zero-order valence-electron chi connectivity index (χ0n) is 10.7. The Balaban J connectivity index is 2.49. The van der Waals surface area contributed by atoms with Crippen molar-refractivity contribution < 1.29 is 9.90 Å². The molecule has 4 heteroatoms. The summed E-state index contributed by atoms with van der Waals surface area (Å²) >= 11 is 0. The summed E-state index contributed by atoms with van der Waals surface area (Å²) in [7, 11) is 0. The maximum Gasteiger partial charge on any atom is 0.339 e.